The van der Waals surface area contributed by atoms with Gasteiger partial charge in [-0.3, -0.25) is 9.36 Å². The highest BCUT2D eigenvalue weighted by molar-refractivity contribution is 5.97. The smallest absolute Gasteiger partial charge is 0.408 e. The third kappa shape index (κ3) is 4.95. The summed E-state index contributed by atoms with van der Waals surface area (Å²) in [6.45, 7) is 6.62. The van der Waals surface area contributed by atoms with E-state index in [-0.39, 0.29) is 5.91 Å². The Morgan fingerprint density at radius 2 is 1.94 bits per heavy atom. The lowest BCUT2D eigenvalue weighted by Crippen LogP contribution is -2.43. The van der Waals surface area contributed by atoms with Crippen molar-refractivity contribution >= 4 is 22.8 Å². The number of carbonyl (C=O) groups is 1. The van der Waals surface area contributed by atoms with Crippen LogP contribution in [0.4, 0.5) is 5.82 Å². The zero-order valence-electron chi connectivity index (χ0n) is 19.7. The summed E-state index contributed by atoms with van der Waals surface area (Å²) < 4.78 is 6.96. The van der Waals surface area contributed by atoms with Gasteiger partial charge in [0.05, 0.1) is 17.8 Å². The molecule has 0 atom stereocenters. The van der Waals surface area contributed by atoms with E-state index in [9.17, 15) is 9.59 Å². The van der Waals surface area contributed by atoms with Crippen LogP contribution < -0.4 is 21.3 Å². The molecule has 180 valence electrons. The van der Waals surface area contributed by atoms with E-state index in [4.69, 9.17) is 4.42 Å². The maximum absolute atomic E-state index is 12.6. The molecule has 1 aliphatic heterocycles. The molecular weight excluding hydrogens is 444 g/mol. The predicted molar refractivity (Wildman–Crippen MR) is 135 cm³/mol. The van der Waals surface area contributed by atoms with Crippen molar-refractivity contribution in [1.82, 2.24) is 25.4 Å². The lowest BCUT2D eigenvalue weighted by Gasteiger charge is -2.27. The third-order valence-electron chi connectivity index (χ3n) is 6.12. The van der Waals surface area contributed by atoms with Gasteiger partial charge < -0.3 is 20.0 Å². The molecular formula is C26H28N6O3. The molecule has 1 saturated heterocycles. The van der Waals surface area contributed by atoms with Crippen molar-refractivity contribution in [2.24, 2.45) is 0 Å². The van der Waals surface area contributed by atoms with Crippen LogP contribution in [0, 0.1) is 0 Å². The summed E-state index contributed by atoms with van der Waals surface area (Å²) in [5.41, 5.74) is 4.14. The van der Waals surface area contributed by atoms with Crippen molar-refractivity contribution < 1.29 is 9.21 Å². The van der Waals surface area contributed by atoms with Gasteiger partial charge in [0, 0.05) is 43.9 Å². The van der Waals surface area contributed by atoms with E-state index in [0.29, 0.717) is 29.8 Å². The molecule has 0 aliphatic carbocycles. The van der Waals surface area contributed by atoms with Crippen LogP contribution in [0.25, 0.3) is 22.4 Å². The third-order valence-corrected chi connectivity index (χ3v) is 6.12. The minimum Gasteiger partial charge on any atom is -0.408 e. The molecule has 1 aliphatic rings. The van der Waals surface area contributed by atoms with E-state index < -0.39 is 5.76 Å². The van der Waals surface area contributed by atoms with E-state index in [1.165, 1.54) is 0 Å². The maximum atomic E-state index is 12.6. The number of amides is 1. The highest BCUT2D eigenvalue weighted by Gasteiger charge is 2.15. The minimum absolute atomic E-state index is 0.168. The average molecular weight is 473 g/mol. The fraction of sp³-hybridized carbons (Fsp3) is 0.308. The lowest BCUT2D eigenvalue weighted by molar-refractivity contribution is 0.0954. The Morgan fingerprint density at radius 3 is 2.71 bits per heavy atom. The van der Waals surface area contributed by atoms with Crippen LogP contribution in [0.1, 0.15) is 29.3 Å². The number of nitrogens with one attached hydrogen (secondary N) is 2. The first kappa shape index (κ1) is 22.8. The summed E-state index contributed by atoms with van der Waals surface area (Å²) in [5, 5.41) is 15.1. The minimum atomic E-state index is -0.461. The molecule has 0 radical (unpaired) electrons. The largest absolute Gasteiger partial charge is 0.420 e. The molecule has 0 unspecified atom stereocenters. The average Bonchev–Trinajstić information content (AvgIpc) is 3.22. The van der Waals surface area contributed by atoms with Crippen LogP contribution in [-0.4, -0.2) is 53.4 Å². The number of hydrogen-bond acceptors (Lipinski definition) is 7. The molecule has 35 heavy (non-hydrogen) atoms. The van der Waals surface area contributed by atoms with Crippen LogP contribution in [-0.2, 0) is 6.54 Å². The first-order valence-corrected chi connectivity index (χ1v) is 11.9. The SMILES string of the molecule is CCCNC(=O)c1ccc2oc(=O)n(Cc3cccc(-c4ccc(N5CCNCC5)nn4)c3)c2c1. The Balaban J connectivity index is 1.39. The van der Waals surface area contributed by atoms with E-state index in [1.54, 1.807) is 22.8 Å². The van der Waals surface area contributed by atoms with Crippen molar-refractivity contribution in [2.75, 3.05) is 37.6 Å². The molecule has 9 nitrogen and oxygen atoms in total. The summed E-state index contributed by atoms with van der Waals surface area (Å²) in [6, 6.07) is 16.9. The van der Waals surface area contributed by atoms with Crippen molar-refractivity contribution in [3.8, 4) is 11.3 Å². The number of benzene rings is 2. The molecule has 1 fully saturated rings. The Kier molecular flexibility index (Phi) is 6.58. The Bertz CT molecular complexity index is 1390. The van der Waals surface area contributed by atoms with Gasteiger partial charge in [0.15, 0.2) is 11.4 Å². The monoisotopic (exact) mass is 472 g/mol. The zero-order chi connectivity index (χ0) is 24.2. The van der Waals surface area contributed by atoms with E-state index >= 15 is 0 Å². The van der Waals surface area contributed by atoms with Gasteiger partial charge in [-0.05, 0) is 48.4 Å². The van der Waals surface area contributed by atoms with Crippen molar-refractivity contribution in [3.05, 3.63) is 76.3 Å². The van der Waals surface area contributed by atoms with Gasteiger partial charge in [-0.1, -0.05) is 25.1 Å². The van der Waals surface area contributed by atoms with Crippen molar-refractivity contribution in [1.29, 1.82) is 0 Å². The number of nitrogens with zero attached hydrogens (tertiary/aromatic N) is 4. The Labute approximate surface area is 202 Å². The summed E-state index contributed by atoms with van der Waals surface area (Å²) >= 11 is 0. The molecule has 5 rings (SSSR count). The number of aromatic nitrogens is 3. The molecule has 9 heteroatoms. The fourth-order valence-electron chi connectivity index (χ4n) is 4.25. The Hall–Kier alpha value is -3.98. The first-order valence-electron chi connectivity index (χ1n) is 11.9. The number of fused-ring (bicyclic) bond motifs is 1. The van der Waals surface area contributed by atoms with E-state index in [0.717, 1.165) is 55.2 Å². The highest BCUT2D eigenvalue weighted by atomic mass is 16.4. The number of rotatable bonds is 7. The van der Waals surface area contributed by atoms with Crippen molar-refractivity contribution in [3.63, 3.8) is 0 Å². The molecule has 4 aromatic rings. The van der Waals surface area contributed by atoms with Gasteiger partial charge in [-0.15, -0.1) is 10.2 Å². The van der Waals surface area contributed by atoms with Gasteiger partial charge in [-0.2, -0.15) is 0 Å². The molecule has 2 aromatic heterocycles. The number of anilines is 1. The zero-order valence-corrected chi connectivity index (χ0v) is 19.7. The Morgan fingerprint density at radius 1 is 1.09 bits per heavy atom. The second kappa shape index (κ2) is 10.1. The summed E-state index contributed by atoms with van der Waals surface area (Å²) in [7, 11) is 0. The molecule has 2 N–H and O–H groups in total. The van der Waals surface area contributed by atoms with Crippen LogP contribution in [0.3, 0.4) is 0 Å². The summed E-state index contributed by atoms with van der Waals surface area (Å²) in [6.07, 6.45) is 0.851. The van der Waals surface area contributed by atoms with Crippen LogP contribution in [0.15, 0.2) is 63.8 Å². The van der Waals surface area contributed by atoms with Crippen LogP contribution in [0.5, 0.6) is 0 Å². The summed E-state index contributed by atoms with van der Waals surface area (Å²) in [5.74, 6) is 0.247. The maximum Gasteiger partial charge on any atom is 0.420 e. The molecule has 0 bridgehead atoms. The van der Waals surface area contributed by atoms with Gasteiger partial charge in [0.1, 0.15) is 0 Å². The quantitative estimate of drug-likeness (QED) is 0.426. The molecule has 0 saturated carbocycles. The molecule has 3 heterocycles. The van der Waals surface area contributed by atoms with Gasteiger partial charge >= 0.3 is 5.76 Å². The number of hydrogen-bond donors (Lipinski definition) is 2. The normalized spacial score (nSPS) is 13.8. The second-order valence-corrected chi connectivity index (χ2v) is 8.61. The van der Waals surface area contributed by atoms with Gasteiger partial charge in [-0.25, -0.2) is 4.79 Å². The summed E-state index contributed by atoms with van der Waals surface area (Å²) in [4.78, 5) is 27.2. The standard InChI is InChI=1S/C26H28N6O3/c1-2-10-28-25(33)20-6-8-23-22(16-20)32(26(34)35-23)17-18-4-3-5-19(15-18)21-7-9-24(30-29-21)31-13-11-27-12-14-31/h3-9,15-16,27H,2,10-14,17H2,1H3,(H,28,33). The topological polar surface area (TPSA) is 105 Å². The molecule has 0 spiro atoms. The van der Waals surface area contributed by atoms with E-state index in [2.05, 4.69) is 25.7 Å². The lowest BCUT2D eigenvalue weighted by atomic mass is 10.1. The van der Waals surface area contributed by atoms with Crippen molar-refractivity contribution in [2.45, 2.75) is 19.9 Å². The highest BCUT2D eigenvalue weighted by Crippen LogP contribution is 2.22. The second-order valence-electron chi connectivity index (χ2n) is 8.61. The predicted octanol–water partition coefficient (Wildman–Crippen LogP) is 2.65. The molecule has 1 amide bonds. The molecule has 2 aromatic carbocycles. The number of piperazine rings is 1. The fourth-order valence-corrected chi connectivity index (χ4v) is 4.25. The van der Waals surface area contributed by atoms with E-state index in [1.807, 2.05) is 43.3 Å². The first-order chi connectivity index (χ1) is 17.1. The number of oxazole rings is 1. The van der Waals surface area contributed by atoms with Crippen LogP contribution >= 0.6 is 0 Å². The van der Waals surface area contributed by atoms with Crippen LogP contribution in [0.2, 0.25) is 0 Å². The van der Waals surface area contributed by atoms with Gasteiger partial charge in [0.25, 0.3) is 5.91 Å². The number of carbonyl (C=O) groups excluding carboxylic acids is 1. The van der Waals surface area contributed by atoms with Gasteiger partial charge in [0.2, 0.25) is 0 Å².